The van der Waals surface area contributed by atoms with Crippen molar-refractivity contribution in [3.63, 3.8) is 0 Å². The van der Waals surface area contributed by atoms with Gasteiger partial charge in [0.15, 0.2) is 11.7 Å². The minimum absolute atomic E-state index is 0.520. The molecule has 0 aromatic carbocycles. The summed E-state index contributed by atoms with van der Waals surface area (Å²) in [4.78, 5) is 0. The molecule has 1 saturated carbocycles. The smallest absolute Gasteiger partial charge is 0.180 e. The zero-order valence-electron chi connectivity index (χ0n) is 6.23. The summed E-state index contributed by atoms with van der Waals surface area (Å²) in [5.74, 6) is -0.509. The standard InChI is InChI=1S/C7H12FN3/c8-6(7(9)10)4-11-3-5-1-2-5/h4-5,11H,1-3H2,(H3,9,10)/b6-4+. The Bertz CT molecular complexity index is 184. The number of hydrogen-bond donors (Lipinski definition) is 3. The predicted octanol–water partition coefficient (Wildman–Crippen LogP) is 0.733. The third-order valence-corrected chi connectivity index (χ3v) is 1.59. The molecule has 1 rings (SSSR count). The molecule has 1 aliphatic carbocycles. The van der Waals surface area contributed by atoms with Crippen LogP contribution in [0.3, 0.4) is 0 Å². The Morgan fingerprint density at radius 3 is 2.82 bits per heavy atom. The first-order valence-corrected chi connectivity index (χ1v) is 3.63. The van der Waals surface area contributed by atoms with Crippen molar-refractivity contribution in [2.45, 2.75) is 12.8 Å². The average Bonchev–Trinajstić information content (AvgIpc) is 2.71. The maximum atomic E-state index is 12.4. The Labute approximate surface area is 65.0 Å². The number of rotatable bonds is 4. The van der Waals surface area contributed by atoms with Gasteiger partial charge < -0.3 is 11.1 Å². The maximum absolute atomic E-state index is 12.4. The molecular formula is C7H12FN3. The average molecular weight is 157 g/mol. The number of hydrogen-bond acceptors (Lipinski definition) is 2. The Morgan fingerprint density at radius 2 is 2.36 bits per heavy atom. The van der Waals surface area contributed by atoms with Crippen molar-refractivity contribution in [2.24, 2.45) is 11.7 Å². The van der Waals surface area contributed by atoms with E-state index in [4.69, 9.17) is 11.1 Å². The molecule has 0 bridgehead atoms. The van der Waals surface area contributed by atoms with Crippen molar-refractivity contribution in [3.05, 3.63) is 12.0 Å². The minimum Gasteiger partial charge on any atom is -0.388 e. The quantitative estimate of drug-likeness (QED) is 0.416. The zero-order chi connectivity index (χ0) is 8.27. The molecule has 0 aliphatic heterocycles. The first kappa shape index (κ1) is 8.04. The molecule has 0 atom stereocenters. The summed E-state index contributed by atoms with van der Waals surface area (Å²) in [6.45, 7) is 0.792. The molecule has 0 heterocycles. The highest BCUT2D eigenvalue weighted by molar-refractivity contribution is 5.91. The number of nitrogens with one attached hydrogen (secondary N) is 2. The third kappa shape index (κ3) is 3.02. The fourth-order valence-electron chi connectivity index (χ4n) is 0.715. The molecule has 1 aliphatic rings. The van der Waals surface area contributed by atoms with Crippen molar-refractivity contribution in [2.75, 3.05) is 6.54 Å². The Morgan fingerprint density at radius 1 is 1.73 bits per heavy atom. The third-order valence-electron chi connectivity index (χ3n) is 1.59. The van der Waals surface area contributed by atoms with Gasteiger partial charge in [0, 0.05) is 12.7 Å². The number of halogens is 1. The van der Waals surface area contributed by atoms with Crippen LogP contribution in [0.4, 0.5) is 4.39 Å². The molecule has 0 unspecified atom stereocenters. The van der Waals surface area contributed by atoms with Gasteiger partial charge >= 0.3 is 0 Å². The molecule has 4 heteroatoms. The predicted molar refractivity (Wildman–Crippen MR) is 41.8 cm³/mol. The fraction of sp³-hybridized carbons (Fsp3) is 0.571. The molecule has 4 N–H and O–H groups in total. The van der Waals surface area contributed by atoms with Gasteiger partial charge in [0.25, 0.3) is 0 Å². The minimum atomic E-state index is -0.689. The summed E-state index contributed by atoms with van der Waals surface area (Å²) in [6.07, 6.45) is 3.60. The molecule has 0 saturated heterocycles. The van der Waals surface area contributed by atoms with E-state index in [0.717, 1.165) is 12.7 Å². The molecule has 0 spiro atoms. The SMILES string of the molecule is N=C(N)/C(F)=C\NCC1CC1. The molecule has 11 heavy (non-hydrogen) atoms. The number of nitrogens with two attached hydrogens (primary N) is 1. The van der Waals surface area contributed by atoms with E-state index in [2.05, 4.69) is 5.32 Å². The lowest BCUT2D eigenvalue weighted by molar-refractivity contribution is 0.652. The summed E-state index contributed by atoms with van der Waals surface area (Å²) >= 11 is 0. The van der Waals surface area contributed by atoms with Gasteiger partial charge in [-0.1, -0.05) is 0 Å². The summed E-state index contributed by atoms with van der Waals surface area (Å²) < 4.78 is 12.4. The topological polar surface area (TPSA) is 61.9 Å². The Kier molecular flexibility index (Phi) is 2.46. The normalized spacial score (nSPS) is 18.1. The van der Waals surface area contributed by atoms with E-state index in [0.29, 0.717) is 5.92 Å². The second-order valence-corrected chi connectivity index (χ2v) is 2.76. The zero-order valence-corrected chi connectivity index (χ0v) is 6.23. The van der Waals surface area contributed by atoms with Crippen LogP contribution >= 0.6 is 0 Å². The second-order valence-electron chi connectivity index (χ2n) is 2.76. The Hall–Kier alpha value is -1.06. The van der Waals surface area contributed by atoms with Crippen LogP contribution in [-0.4, -0.2) is 12.4 Å². The van der Waals surface area contributed by atoms with E-state index >= 15 is 0 Å². The van der Waals surface area contributed by atoms with E-state index in [1.54, 1.807) is 0 Å². The van der Waals surface area contributed by atoms with Crippen molar-refractivity contribution >= 4 is 5.84 Å². The van der Waals surface area contributed by atoms with Crippen LogP contribution < -0.4 is 11.1 Å². The summed E-state index contributed by atoms with van der Waals surface area (Å²) in [6, 6.07) is 0. The van der Waals surface area contributed by atoms with E-state index in [9.17, 15) is 4.39 Å². The van der Waals surface area contributed by atoms with Gasteiger partial charge in [0.2, 0.25) is 0 Å². The van der Waals surface area contributed by atoms with Crippen LogP contribution in [-0.2, 0) is 0 Å². The highest BCUT2D eigenvalue weighted by Gasteiger charge is 2.19. The molecule has 0 radical (unpaired) electrons. The molecule has 0 amide bonds. The maximum Gasteiger partial charge on any atom is 0.180 e. The van der Waals surface area contributed by atoms with Crippen LogP contribution in [0.25, 0.3) is 0 Å². The first-order chi connectivity index (χ1) is 5.20. The largest absolute Gasteiger partial charge is 0.388 e. The van der Waals surface area contributed by atoms with Crippen LogP contribution in [0.1, 0.15) is 12.8 Å². The van der Waals surface area contributed by atoms with Gasteiger partial charge in [-0.3, -0.25) is 5.41 Å². The van der Waals surface area contributed by atoms with Crippen molar-refractivity contribution < 1.29 is 4.39 Å². The van der Waals surface area contributed by atoms with Gasteiger partial charge in [-0.15, -0.1) is 0 Å². The molecular weight excluding hydrogens is 145 g/mol. The number of amidine groups is 1. The highest BCUT2D eigenvalue weighted by atomic mass is 19.1. The van der Waals surface area contributed by atoms with Crippen LogP contribution in [0.2, 0.25) is 0 Å². The van der Waals surface area contributed by atoms with Crippen molar-refractivity contribution in [3.8, 4) is 0 Å². The van der Waals surface area contributed by atoms with Gasteiger partial charge in [-0.2, -0.15) is 0 Å². The van der Waals surface area contributed by atoms with Crippen LogP contribution in [0.15, 0.2) is 12.0 Å². The van der Waals surface area contributed by atoms with Gasteiger partial charge in [-0.05, 0) is 18.8 Å². The highest BCUT2D eigenvalue weighted by Crippen LogP contribution is 2.27. The Balaban J connectivity index is 2.15. The van der Waals surface area contributed by atoms with Gasteiger partial charge in [-0.25, -0.2) is 4.39 Å². The lowest BCUT2D eigenvalue weighted by atomic mass is 10.4. The summed E-state index contributed by atoms with van der Waals surface area (Å²) in [7, 11) is 0. The van der Waals surface area contributed by atoms with E-state index < -0.39 is 11.7 Å². The van der Waals surface area contributed by atoms with Crippen LogP contribution in [0.5, 0.6) is 0 Å². The lowest BCUT2D eigenvalue weighted by Gasteiger charge is -1.97. The van der Waals surface area contributed by atoms with E-state index in [1.165, 1.54) is 12.8 Å². The fourth-order valence-corrected chi connectivity index (χ4v) is 0.715. The van der Waals surface area contributed by atoms with Crippen LogP contribution in [0, 0.1) is 11.3 Å². The van der Waals surface area contributed by atoms with Gasteiger partial charge in [0.05, 0.1) is 0 Å². The van der Waals surface area contributed by atoms with Crippen molar-refractivity contribution in [1.29, 1.82) is 5.41 Å². The molecule has 62 valence electrons. The van der Waals surface area contributed by atoms with Gasteiger partial charge in [0.1, 0.15) is 0 Å². The van der Waals surface area contributed by atoms with E-state index in [1.807, 2.05) is 0 Å². The second kappa shape index (κ2) is 3.37. The molecule has 1 fully saturated rings. The van der Waals surface area contributed by atoms with Crippen molar-refractivity contribution in [1.82, 2.24) is 5.32 Å². The summed E-state index contributed by atoms with van der Waals surface area (Å²) in [5, 5.41) is 9.47. The van der Waals surface area contributed by atoms with E-state index in [-0.39, 0.29) is 0 Å². The molecule has 3 nitrogen and oxygen atoms in total. The molecule has 0 aromatic heterocycles. The monoisotopic (exact) mass is 157 g/mol. The lowest BCUT2D eigenvalue weighted by Crippen LogP contribution is -2.15. The first-order valence-electron chi connectivity index (χ1n) is 3.63. The molecule has 0 aromatic rings. The summed E-state index contributed by atoms with van der Waals surface area (Å²) in [5.41, 5.74) is 4.87.